The molecule has 0 aliphatic carbocycles. The summed E-state index contributed by atoms with van der Waals surface area (Å²) in [5.74, 6) is -1.67. The van der Waals surface area contributed by atoms with E-state index in [9.17, 15) is 14.7 Å². The summed E-state index contributed by atoms with van der Waals surface area (Å²) >= 11 is 0. The molecule has 6 heteroatoms. The number of carboxylic acids is 1. The van der Waals surface area contributed by atoms with E-state index >= 15 is 0 Å². The zero-order chi connectivity index (χ0) is 17.9. The predicted molar refractivity (Wildman–Crippen MR) is 91.4 cm³/mol. The van der Waals surface area contributed by atoms with Crippen molar-refractivity contribution in [3.05, 3.63) is 59.0 Å². The van der Waals surface area contributed by atoms with Crippen molar-refractivity contribution in [2.75, 3.05) is 0 Å². The lowest BCUT2D eigenvalue weighted by atomic mass is 9.87. The summed E-state index contributed by atoms with van der Waals surface area (Å²) in [7, 11) is 1.73. The van der Waals surface area contributed by atoms with Crippen LogP contribution in [-0.4, -0.2) is 26.8 Å². The maximum Gasteiger partial charge on any atom is 0.352 e. The summed E-state index contributed by atoms with van der Waals surface area (Å²) in [4.78, 5) is 23.6. The molecule has 0 atom stereocenters. The van der Waals surface area contributed by atoms with Crippen LogP contribution in [0.2, 0.25) is 0 Å². The Morgan fingerprint density at radius 1 is 1.21 bits per heavy atom. The van der Waals surface area contributed by atoms with Crippen molar-refractivity contribution in [3.8, 4) is 0 Å². The predicted octanol–water partition coefficient (Wildman–Crippen LogP) is 2.57. The second-order valence-corrected chi connectivity index (χ2v) is 6.59. The van der Waals surface area contributed by atoms with Gasteiger partial charge >= 0.3 is 5.97 Å². The van der Waals surface area contributed by atoms with Gasteiger partial charge in [0.1, 0.15) is 5.70 Å². The average molecular weight is 327 g/mol. The maximum absolute atomic E-state index is 12.3. The first-order chi connectivity index (χ1) is 11.2. The Morgan fingerprint density at radius 2 is 1.83 bits per heavy atom. The van der Waals surface area contributed by atoms with Crippen LogP contribution in [0.4, 0.5) is 0 Å². The first kappa shape index (κ1) is 17.5. The summed E-state index contributed by atoms with van der Waals surface area (Å²) < 4.78 is 1.55. The second kappa shape index (κ2) is 6.70. The van der Waals surface area contributed by atoms with Gasteiger partial charge in [0, 0.05) is 24.4 Å². The molecule has 126 valence electrons. The first-order valence-electron chi connectivity index (χ1n) is 7.52. The van der Waals surface area contributed by atoms with Gasteiger partial charge in [-0.05, 0) is 29.2 Å². The summed E-state index contributed by atoms with van der Waals surface area (Å²) in [6, 6.07) is 7.14. The number of hydrogen-bond acceptors (Lipinski definition) is 3. The van der Waals surface area contributed by atoms with Crippen LogP contribution in [0.5, 0.6) is 0 Å². The van der Waals surface area contributed by atoms with E-state index in [0.717, 1.165) is 5.56 Å². The van der Waals surface area contributed by atoms with Gasteiger partial charge in [0.05, 0.1) is 6.20 Å². The Kier molecular flexibility index (Phi) is 4.87. The van der Waals surface area contributed by atoms with Gasteiger partial charge < -0.3 is 10.4 Å². The van der Waals surface area contributed by atoms with Crippen LogP contribution in [-0.2, 0) is 17.3 Å². The fourth-order valence-electron chi connectivity index (χ4n) is 2.15. The molecule has 0 unspecified atom stereocenters. The highest BCUT2D eigenvalue weighted by Gasteiger charge is 2.16. The highest BCUT2D eigenvalue weighted by molar-refractivity contribution is 6.02. The molecule has 6 nitrogen and oxygen atoms in total. The van der Waals surface area contributed by atoms with E-state index in [-0.39, 0.29) is 11.1 Å². The van der Waals surface area contributed by atoms with Gasteiger partial charge in [0.25, 0.3) is 5.91 Å². The molecule has 0 fully saturated rings. The SMILES string of the molecule is Cn1cc(/C=C(/NC(=O)c2ccc(C(C)(C)C)cc2)C(=O)O)cn1. The number of nitrogens with zero attached hydrogens (tertiary/aromatic N) is 2. The minimum absolute atomic E-state index is 0.0125. The number of aliphatic carboxylic acids is 1. The van der Waals surface area contributed by atoms with Crippen molar-refractivity contribution in [1.29, 1.82) is 0 Å². The van der Waals surface area contributed by atoms with Crippen molar-refractivity contribution < 1.29 is 14.7 Å². The Morgan fingerprint density at radius 3 is 2.29 bits per heavy atom. The van der Waals surface area contributed by atoms with Crippen LogP contribution < -0.4 is 5.32 Å². The fourth-order valence-corrected chi connectivity index (χ4v) is 2.15. The number of carbonyl (C=O) groups excluding carboxylic acids is 1. The molecule has 1 amide bonds. The lowest BCUT2D eigenvalue weighted by Crippen LogP contribution is -2.27. The molecule has 1 aromatic carbocycles. The molecule has 0 saturated carbocycles. The van der Waals surface area contributed by atoms with Gasteiger partial charge in [-0.1, -0.05) is 32.9 Å². The Hall–Kier alpha value is -2.89. The van der Waals surface area contributed by atoms with Crippen LogP contribution >= 0.6 is 0 Å². The quantitative estimate of drug-likeness (QED) is 0.845. The number of carbonyl (C=O) groups is 2. The molecule has 2 N–H and O–H groups in total. The molecule has 0 aliphatic heterocycles. The Labute approximate surface area is 140 Å². The van der Waals surface area contributed by atoms with Crippen molar-refractivity contribution in [2.45, 2.75) is 26.2 Å². The topological polar surface area (TPSA) is 84.2 Å². The number of rotatable bonds is 4. The number of aromatic nitrogens is 2. The van der Waals surface area contributed by atoms with Gasteiger partial charge in [0.15, 0.2) is 0 Å². The van der Waals surface area contributed by atoms with Crippen LogP contribution in [0.25, 0.3) is 6.08 Å². The van der Waals surface area contributed by atoms with Crippen molar-refractivity contribution in [2.24, 2.45) is 7.05 Å². The zero-order valence-electron chi connectivity index (χ0n) is 14.2. The van der Waals surface area contributed by atoms with Gasteiger partial charge in [-0.25, -0.2) is 4.79 Å². The van der Waals surface area contributed by atoms with E-state index in [1.165, 1.54) is 12.3 Å². The van der Waals surface area contributed by atoms with Crippen LogP contribution in [0.1, 0.15) is 42.3 Å². The second-order valence-electron chi connectivity index (χ2n) is 6.59. The highest BCUT2D eigenvalue weighted by Crippen LogP contribution is 2.22. The lowest BCUT2D eigenvalue weighted by molar-refractivity contribution is -0.132. The molecule has 24 heavy (non-hydrogen) atoms. The molecule has 1 aromatic heterocycles. The van der Waals surface area contributed by atoms with Gasteiger partial charge in [-0.3, -0.25) is 9.48 Å². The third-order valence-electron chi connectivity index (χ3n) is 3.53. The molecule has 2 rings (SSSR count). The minimum Gasteiger partial charge on any atom is -0.477 e. The summed E-state index contributed by atoms with van der Waals surface area (Å²) in [6.45, 7) is 6.25. The number of nitrogens with one attached hydrogen (secondary N) is 1. The normalized spacial score (nSPS) is 12.1. The van der Waals surface area contributed by atoms with Crippen molar-refractivity contribution >= 4 is 18.0 Å². The van der Waals surface area contributed by atoms with E-state index in [1.807, 2.05) is 12.1 Å². The molecule has 0 spiro atoms. The Balaban J connectivity index is 2.19. The monoisotopic (exact) mass is 327 g/mol. The fraction of sp³-hybridized carbons (Fsp3) is 0.278. The Bertz CT molecular complexity index is 781. The maximum atomic E-state index is 12.3. The van der Waals surface area contributed by atoms with E-state index in [1.54, 1.807) is 30.1 Å². The molecule has 0 saturated heterocycles. The van der Waals surface area contributed by atoms with E-state index < -0.39 is 11.9 Å². The molecule has 0 bridgehead atoms. The molecule has 1 heterocycles. The average Bonchev–Trinajstić information content (AvgIpc) is 2.91. The van der Waals surface area contributed by atoms with Gasteiger partial charge in [0.2, 0.25) is 0 Å². The first-order valence-corrected chi connectivity index (χ1v) is 7.52. The number of amides is 1. The number of hydrogen-bond donors (Lipinski definition) is 2. The molecule has 2 aromatic rings. The molecular formula is C18H21N3O3. The third kappa shape index (κ3) is 4.32. The van der Waals surface area contributed by atoms with Crippen LogP contribution in [0.3, 0.4) is 0 Å². The van der Waals surface area contributed by atoms with Crippen molar-refractivity contribution in [1.82, 2.24) is 15.1 Å². The number of benzene rings is 1. The van der Waals surface area contributed by atoms with Gasteiger partial charge in [-0.2, -0.15) is 5.10 Å². The van der Waals surface area contributed by atoms with Crippen molar-refractivity contribution in [3.63, 3.8) is 0 Å². The van der Waals surface area contributed by atoms with E-state index in [2.05, 4.69) is 31.2 Å². The minimum atomic E-state index is -1.21. The third-order valence-corrected chi connectivity index (χ3v) is 3.53. The molecule has 0 aliphatic rings. The smallest absolute Gasteiger partial charge is 0.352 e. The molecular weight excluding hydrogens is 306 g/mol. The van der Waals surface area contributed by atoms with Crippen LogP contribution in [0, 0.1) is 0 Å². The molecule has 0 radical (unpaired) electrons. The summed E-state index contributed by atoms with van der Waals surface area (Å²) in [6.07, 6.45) is 4.55. The largest absolute Gasteiger partial charge is 0.477 e. The summed E-state index contributed by atoms with van der Waals surface area (Å²) in [5, 5.41) is 15.7. The van der Waals surface area contributed by atoms with Gasteiger partial charge in [-0.15, -0.1) is 0 Å². The van der Waals surface area contributed by atoms with E-state index in [0.29, 0.717) is 11.1 Å². The standard InChI is InChI=1S/C18H21N3O3/c1-18(2,3)14-7-5-13(6-8-14)16(22)20-15(17(23)24)9-12-10-19-21(4)11-12/h5-11H,1-4H3,(H,20,22)(H,23,24)/b15-9+. The summed E-state index contributed by atoms with van der Waals surface area (Å²) in [5.41, 5.74) is 1.89. The number of carboxylic acid groups (broad SMARTS) is 1. The lowest BCUT2D eigenvalue weighted by Gasteiger charge is -2.19. The highest BCUT2D eigenvalue weighted by atomic mass is 16.4. The van der Waals surface area contributed by atoms with Crippen LogP contribution in [0.15, 0.2) is 42.4 Å². The zero-order valence-corrected chi connectivity index (χ0v) is 14.2. The number of aryl methyl sites for hydroxylation is 1. The van der Waals surface area contributed by atoms with E-state index in [4.69, 9.17) is 0 Å².